The lowest BCUT2D eigenvalue weighted by atomic mass is 10.1. The van der Waals surface area contributed by atoms with E-state index in [0.717, 1.165) is 38.2 Å². The van der Waals surface area contributed by atoms with E-state index in [4.69, 9.17) is 4.74 Å². The first-order chi connectivity index (χ1) is 11.7. The van der Waals surface area contributed by atoms with Crippen LogP contribution in [0.1, 0.15) is 57.9 Å². The van der Waals surface area contributed by atoms with Crippen LogP contribution >= 0.6 is 0 Å². The number of nitrogens with one attached hydrogen (secondary N) is 1. The smallest absolute Gasteiger partial charge is 0.411 e. The lowest BCUT2D eigenvalue weighted by molar-refractivity contribution is 0.0833. The summed E-state index contributed by atoms with van der Waals surface area (Å²) in [4.78, 5) is 14.6. The highest BCUT2D eigenvalue weighted by Crippen LogP contribution is 2.18. The Kier molecular flexibility index (Phi) is 8.10. The zero-order valence-corrected chi connectivity index (χ0v) is 15.2. The van der Waals surface area contributed by atoms with E-state index in [-0.39, 0.29) is 12.2 Å². The summed E-state index contributed by atoms with van der Waals surface area (Å²) in [5, 5.41) is 2.93. The fraction of sp³-hybridized carbons (Fsp3) is 0.650. The highest BCUT2D eigenvalue weighted by atomic mass is 16.6. The molecular weight excluding hydrogens is 300 g/mol. The number of hydrogen-bond donors (Lipinski definition) is 1. The van der Waals surface area contributed by atoms with Crippen molar-refractivity contribution >= 4 is 11.8 Å². The minimum Gasteiger partial charge on any atom is -0.445 e. The quantitative estimate of drug-likeness (QED) is 0.692. The van der Waals surface area contributed by atoms with E-state index in [1.165, 1.54) is 37.7 Å². The molecule has 4 nitrogen and oxygen atoms in total. The second-order valence-electron chi connectivity index (χ2n) is 6.82. The van der Waals surface area contributed by atoms with Gasteiger partial charge in [0, 0.05) is 12.2 Å². The molecule has 0 radical (unpaired) electrons. The van der Waals surface area contributed by atoms with Crippen molar-refractivity contribution in [3.05, 3.63) is 29.8 Å². The number of benzene rings is 1. The van der Waals surface area contributed by atoms with E-state index in [0.29, 0.717) is 0 Å². The van der Waals surface area contributed by atoms with Gasteiger partial charge in [0.25, 0.3) is 0 Å². The van der Waals surface area contributed by atoms with Crippen molar-refractivity contribution in [3.63, 3.8) is 0 Å². The predicted molar refractivity (Wildman–Crippen MR) is 99.5 cm³/mol. The SMILES string of the molecule is CCCCCc1ccccc1NC(=O)O[C@H](C)CN1CCCCC1. The third-order valence-corrected chi connectivity index (χ3v) is 4.58. The topological polar surface area (TPSA) is 41.6 Å². The Morgan fingerprint density at radius 1 is 1.21 bits per heavy atom. The standard InChI is InChI=1S/C20H32N2O2/c1-3-4-6-11-18-12-7-8-13-19(18)21-20(23)24-17(2)16-22-14-9-5-10-15-22/h7-8,12-13,17H,3-6,9-11,14-16H2,1-2H3,(H,21,23)/t17-/m1/s1. The molecule has 1 atom stereocenters. The molecule has 24 heavy (non-hydrogen) atoms. The van der Waals surface area contributed by atoms with Gasteiger partial charge in [-0.25, -0.2) is 4.79 Å². The molecule has 0 unspecified atom stereocenters. The first kappa shape index (κ1) is 18.8. The van der Waals surface area contributed by atoms with Crippen LogP contribution < -0.4 is 5.32 Å². The van der Waals surface area contributed by atoms with Gasteiger partial charge in [0.2, 0.25) is 0 Å². The highest BCUT2D eigenvalue weighted by Gasteiger charge is 2.16. The maximum atomic E-state index is 12.2. The minimum atomic E-state index is -0.345. The fourth-order valence-electron chi connectivity index (χ4n) is 3.29. The number of likely N-dealkylation sites (tertiary alicyclic amines) is 1. The zero-order chi connectivity index (χ0) is 17.2. The van der Waals surface area contributed by atoms with Crippen molar-refractivity contribution in [2.75, 3.05) is 25.0 Å². The molecule has 0 aromatic heterocycles. The van der Waals surface area contributed by atoms with Gasteiger partial charge in [0.1, 0.15) is 6.10 Å². The molecule has 0 spiro atoms. The van der Waals surface area contributed by atoms with E-state index < -0.39 is 0 Å². The Labute approximate surface area is 146 Å². The molecule has 1 aromatic rings. The number of anilines is 1. The number of aryl methyl sites for hydroxylation is 1. The molecule has 0 aliphatic carbocycles. The Bertz CT molecular complexity index is 498. The van der Waals surface area contributed by atoms with Crippen LogP contribution in [0.15, 0.2) is 24.3 Å². The molecule has 0 bridgehead atoms. The number of para-hydroxylation sites is 1. The zero-order valence-electron chi connectivity index (χ0n) is 15.2. The van der Waals surface area contributed by atoms with Crippen molar-refractivity contribution in [1.82, 2.24) is 4.90 Å². The van der Waals surface area contributed by atoms with Crippen LogP contribution in [-0.2, 0) is 11.2 Å². The predicted octanol–water partition coefficient (Wildman–Crippen LogP) is 4.84. The van der Waals surface area contributed by atoms with Crippen LogP contribution in [-0.4, -0.2) is 36.7 Å². The van der Waals surface area contributed by atoms with Gasteiger partial charge in [-0.15, -0.1) is 0 Å². The van der Waals surface area contributed by atoms with Crippen LogP contribution in [0.25, 0.3) is 0 Å². The molecule has 1 aromatic carbocycles. The van der Waals surface area contributed by atoms with Crippen molar-refractivity contribution in [2.24, 2.45) is 0 Å². The normalized spacial score (nSPS) is 16.6. The number of piperidine rings is 1. The molecule has 1 fully saturated rings. The van der Waals surface area contributed by atoms with Crippen molar-refractivity contribution in [3.8, 4) is 0 Å². The number of carbonyl (C=O) groups excluding carboxylic acids is 1. The molecule has 1 saturated heterocycles. The van der Waals surface area contributed by atoms with Gasteiger partial charge >= 0.3 is 6.09 Å². The number of carbonyl (C=O) groups is 1. The van der Waals surface area contributed by atoms with E-state index in [1.807, 2.05) is 25.1 Å². The van der Waals surface area contributed by atoms with Gasteiger partial charge in [-0.3, -0.25) is 10.2 Å². The van der Waals surface area contributed by atoms with Gasteiger partial charge < -0.3 is 4.74 Å². The lowest BCUT2D eigenvalue weighted by Gasteiger charge is -2.28. The maximum Gasteiger partial charge on any atom is 0.411 e. The molecule has 0 saturated carbocycles. The highest BCUT2D eigenvalue weighted by molar-refractivity contribution is 5.85. The van der Waals surface area contributed by atoms with Gasteiger partial charge in [0.15, 0.2) is 0 Å². The Balaban J connectivity index is 1.80. The Morgan fingerprint density at radius 2 is 1.96 bits per heavy atom. The molecule has 1 aliphatic heterocycles. The summed E-state index contributed by atoms with van der Waals surface area (Å²) in [6.07, 6.45) is 7.95. The van der Waals surface area contributed by atoms with Crippen LogP contribution in [0, 0.1) is 0 Å². The second-order valence-corrected chi connectivity index (χ2v) is 6.82. The van der Waals surface area contributed by atoms with Crippen molar-refractivity contribution < 1.29 is 9.53 Å². The minimum absolute atomic E-state index is 0.0876. The van der Waals surface area contributed by atoms with E-state index >= 15 is 0 Å². The molecule has 1 heterocycles. The Hall–Kier alpha value is -1.55. The second kappa shape index (κ2) is 10.3. The van der Waals surface area contributed by atoms with Crippen molar-refractivity contribution in [1.29, 1.82) is 0 Å². The third kappa shape index (κ3) is 6.52. The largest absolute Gasteiger partial charge is 0.445 e. The van der Waals surface area contributed by atoms with Crippen LogP contribution in [0.2, 0.25) is 0 Å². The average molecular weight is 332 g/mol. The number of amides is 1. The summed E-state index contributed by atoms with van der Waals surface area (Å²) < 4.78 is 5.55. The summed E-state index contributed by atoms with van der Waals surface area (Å²) in [7, 11) is 0. The molecule has 134 valence electrons. The van der Waals surface area contributed by atoms with Gasteiger partial charge in [-0.05, 0) is 57.3 Å². The fourth-order valence-corrected chi connectivity index (χ4v) is 3.29. The van der Waals surface area contributed by atoms with Crippen LogP contribution in [0.3, 0.4) is 0 Å². The van der Waals surface area contributed by atoms with E-state index in [1.54, 1.807) is 0 Å². The number of nitrogens with zero attached hydrogens (tertiary/aromatic N) is 1. The molecule has 1 aliphatic rings. The maximum absolute atomic E-state index is 12.2. The van der Waals surface area contributed by atoms with Crippen LogP contribution in [0.4, 0.5) is 10.5 Å². The Morgan fingerprint density at radius 3 is 2.71 bits per heavy atom. The first-order valence-electron chi connectivity index (χ1n) is 9.47. The van der Waals surface area contributed by atoms with E-state index in [2.05, 4.69) is 23.2 Å². The summed E-state index contributed by atoms with van der Waals surface area (Å²) in [6.45, 7) is 7.24. The molecule has 4 heteroatoms. The first-order valence-corrected chi connectivity index (χ1v) is 9.47. The summed E-state index contributed by atoms with van der Waals surface area (Å²) in [5.41, 5.74) is 2.07. The van der Waals surface area contributed by atoms with Crippen LogP contribution in [0.5, 0.6) is 0 Å². The van der Waals surface area contributed by atoms with Gasteiger partial charge in [0.05, 0.1) is 0 Å². The summed E-state index contributed by atoms with van der Waals surface area (Å²) in [5.74, 6) is 0. The van der Waals surface area contributed by atoms with Gasteiger partial charge in [-0.1, -0.05) is 44.4 Å². The number of ether oxygens (including phenoxy) is 1. The summed E-state index contributed by atoms with van der Waals surface area (Å²) in [6, 6.07) is 8.02. The molecule has 1 N–H and O–H groups in total. The van der Waals surface area contributed by atoms with E-state index in [9.17, 15) is 4.79 Å². The third-order valence-electron chi connectivity index (χ3n) is 4.58. The lowest BCUT2D eigenvalue weighted by Crippen LogP contribution is -2.37. The number of rotatable bonds is 8. The average Bonchev–Trinajstić information content (AvgIpc) is 2.57. The van der Waals surface area contributed by atoms with Crippen molar-refractivity contribution in [2.45, 2.75) is 64.9 Å². The molecule has 2 rings (SSSR count). The molecular formula is C20H32N2O2. The number of hydrogen-bond acceptors (Lipinski definition) is 3. The number of unbranched alkanes of at least 4 members (excludes halogenated alkanes) is 2. The van der Waals surface area contributed by atoms with Gasteiger partial charge in [-0.2, -0.15) is 0 Å². The molecule has 1 amide bonds. The monoisotopic (exact) mass is 332 g/mol. The summed E-state index contributed by atoms with van der Waals surface area (Å²) >= 11 is 0.